The van der Waals surface area contributed by atoms with E-state index in [1.807, 2.05) is 0 Å². The van der Waals surface area contributed by atoms with Crippen molar-refractivity contribution < 1.29 is 17.1 Å². The molecule has 4 aliphatic carbocycles. The number of hydrogen-bond donors (Lipinski definition) is 8. The van der Waals surface area contributed by atoms with Crippen LogP contribution in [0.1, 0.15) is 124 Å². The topological polar surface area (TPSA) is 96.2 Å². The van der Waals surface area contributed by atoms with Crippen molar-refractivity contribution in [1.82, 2.24) is 42.5 Å². The predicted octanol–water partition coefficient (Wildman–Crippen LogP) is 4.22. The first kappa shape index (κ1) is 33.7. The molecule has 9 heteroatoms. The largest absolute Gasteiger partial charge is 1.00 e. The minimum absolute atomic E-state index is 0. The second kappa shape index (κ2) is 14.6. The van der Waals surface area contributed by atoms with Gasteiger partial charge in [0, 0.05) is 0 Å². The van der Waals surface area contributed by atoms with Crippen molar-refractivity contribution in [2.75, 3.05) is 0 Å². The van der Waals surface area contributed by atoms with E-state index in [1.54, 1.807) is 0 Å². The monoisotopic (exact) mass is 672 g/mol. The molecule has 45 heavy (non-hydrogen) atoms. The maximum absolute atomic E-state index is 4.26. The molecule has 8 atom stereocenters. The Morgan fingerprint density at radius 1 is 0.289 bits per heavy atom. The van der Waals surface area contributed by atoms with E-state index in [0.29, 0.717) is 49.3 Å². The second-order valence-electron chi connectivity index (χ2n) is 17.1. The molecule has 8 unspecified atom stereocenters. The van der Waals surface area contributed by atoms with Crippen LogP contribution in [0.25, 0.3) is 0 Å². The zero-order valence-electron chi connectivity index (χ0n) is 28.4. The summed E-state index contributed by atoms with van der Waals surface area (Å²) in [5, 5.41) is 33.8. The van der Waals surface area contributed by atoms with Crippen LogP contribution < -0.4 is 42.5 Å². The van der Waals surface area contributed by atoms with Gasteiger partial charge in [-0.2, -0.15) is 20.8 Å². The van der Waals surface area contributed by atoms with Crippen LogP contribution in [0.3, 0.4) is 0 Å². The molecule has 260 valence electrons. The summed E-state index contributed by atoms with van der Waals surface area (Å²) in [5.74, 6) is 7.39. The first-order valence-electron chi connectivity index (χ1n) is 19.4. The smallest absolute Gasteiger partial charge is 0.323 e. The van der Waals surface area contributed by atoms with Crippen molar-refractivity contribution in [2.24, 2.45) is 47.3 Å². The summed E-state index contributed by atoms with van der Waals surface area (Å²) in [6.07, 6.45) is 25.6. The van der Waals surface area contributed by atoms with E-state index in [0.717, 1.165) is 47.3 Å². The normalized spacial score (nSPS) is 52.0. The molecule has 0 aromatic rings. The van der Waals surface area contributed by atoms with Crippen LogP contribution in [0.2, 0.25) is 0 Å². The van der Waals surface area contributed by atoms with E-state index in [2.05, 4.69) is 63.3 Å². The van der Waals surface area contributed by atoms with E-state index in [1.165, 1.54) is 109 Å². The fourth-order valence-corrected chi connectivity index (χ4v) is 12.0. The summed E-state index contributed by atoms with van der Waals surface area (Å²) in [7, 11) is 0. The molecule has 5 heterocycles. The van der Waals surface area contributed by atoms with Gasteiger partial charge in [-0.3, -0.25) is 42.5 Å². The van der Waals surface area contributed by atoms with Crippen molar-refractivity contribution in [3.8, 4) is 0 Å². The van der Waals surface area contributed by atoms with Crippen molar-refractivity contribution in [2.45, 2.75) is 173 Å². The van der Waals surface area contributed by atoms with Crippen molar-refractivity contribution in [3.63, 3.8) is 0 Å². The Bertz CT molecular complexity index is 759. The fourth-order valence-electron chi connectivity index (χ4n) is 12.0. The molecular formula is C36H65CuN8. The Morgan fingerprint density at radius 2 is 0.400 bits per heavy atom. The van der Waals surface area contributed by atoms with E-state index in [-0.39, 0.29) is 17.1 Å². The molecule has 9 fully saturated rings. The number of nitrogens with one attached hydrogen (secondary N) is 8. The van der Waals surface area contributed by atoms with Crippen molar-refractivity contribution >= 4 is 0 Å². The Kier molecular flexibility index (Phi) is 10.9. The molecule has 5 aliphatic heterocycles. The molecule has 0 aromatic carbocycles. The van der Waals surface area contributed by atoms with Gasteiger partial charge in [0.25, 0.3) is 0 Å². The molecule has 9 rings (SSSR count). The molecular weight excluding hydrogens is 608 g/mol. The molecule has 0 aromatic heterocycles. The number of fused-ring (bicyclic) bond motifs is 20. The molecule has 8 nitrogen and oxygen atoms in total. The second-order valence-corrected chi connectivity index (χ2v) is 17.1. The summed E-state index contributed by atoms with van der Waals surface area (Å²) >= 11 is 0. The van der Waals surface area contributed by atoms with E-state index in [4.69, 9.17) is 0 Å². The third kappa shape index (κ3) is 6.72. The van der Waals surface area contributed by atoms with Crippen LogP contribution in [0.4, 0.5) is 0 Å². The quantitative estimate of drug-likeness (QED) is 0.143. The Labute approximate surface area is 284 Å². The molecule has 5 saturated heterocycles. The summed E-state index contributed by atoms with van der Waals surface area (Å²) in [5.41, 5.74) is 0. The number of rotatable bonds is 0. The van der Waals surface area contributed by atoms with Crippen LogP contribution in [0.5, 0.6) is 0 Å². The average molecular weight is 674 g/mol. The van der Waals surface area contributed by atoms with Gasteiger partial charge in [-0.15, -0.1) is 0 Å². The maximum Gasteiger partial charge on any atom is 1.00 e. The van der Waals surface area contributed by atoms with Crippen molar-refractivity contribution in [1.29, 1.82) is 0 Å². The zero-order valence-corrected chi connectivity index (χ0v) is 29.3. The van der Waals surface area contributed by atoms with E-state index in [9.17, 15) is 0 Å². The van der Waals surface area contributed by atoms with Gasteiger partial charge in [0.15, 0.2) is 0 Å². The SMILES string of the molecule is C1CCC2C3NC(NC4NC(NC5NC(NC6NC(N3)C3CCCCC63)C3CCCCC53)C3CCCCC43)C2C1.C[C-](C)C.[Cu+]. The standard InChI is InChI=1S/C32H56N8.C4H9.Cu/c1-2-10-18-17(9-1)25-33-26(18)38-28-21-13-5-6-14-22(21)30(35-28)40-32-24-16-8-7-15-23(24)31(36-32)39-29-20-12-4-3-11-19(20)27(34-29)37-25;1-4(2)3;/h17-40H,1-16H2;1-3H3;/q;-1;+1. The molecule has 4 saturated carbocycles. The van der Waals surface area contributed by atoms with Gasteiger partial charge in [-0.1, -0.05) is 51.4 Å². The van der Waals surface area contributed by atoms with Crippen LogP contribution in [-0.4, -0.2) is 49.3 Å². The first-order chi connectivity index (χ1) is 21.5. The zero-order chi connectivity index (χ0) is 29.8. The summed E-state index contributed by atoms with van der Waals surface area (Å²) in [6.45, 7) is 6.25. The van der Waals surface area contributed by atoms with Gasteiger partial charge >= 0.3 is 17.1 Å². The Morgan fingerprint density at radius 3 is 0.511 bits per heavy atom. The predicted molar refractivity (Wildman–Crippen MR) is 177 cm³/mol. The Balaban J connectivity index is 0.000000617. The van der Waals surface area contributed by atoms with Gasteiger partial charge in [0.2, 0.25) is 0 Å². The third-order valence-corrected chi connectivity index (χ3v) is 13.8. The van der Waals surface area contributed by atoms with E-state index >= 15 is 0 Å². The Hall–Kier alpha value is 0.199. The van der Waals surface area contributed by atoms with Gasteiger partial charge in [0.1, 0.15) is 0 Å². The molecule has 0 radical (unpaired) electrons. The van der Waals surface area contributed by atoms with Gasteiger partial charge in [-0.25, -0.2) is 0 Å². The van der Waals surface area contributed by atoms with Gasteiger partial charge in [-0.05, 0) is 98.7 Å². The summed E-state index contributed by atoms with van der Waals surface area (Å²) < 4.78 is 0. The molecule has 8 bridgehead atoms. The van der Waals surface area contributed by atoms with Crippen LogP contribution in [-0.2, 0) is 17.1 Å². The summed E-state index contributed by atoms with van der Waals surface area (Å²) in [4.78, 5) is 0. The maximum atomic E-state index is 4.26. The van der Waals surface area contributed by atoms with Gasteiger partial charge in [0.05, 0.1) is 49.3 Å². The van der Waals surface area contributed by atoms with Crippen LogP contribution in [0.15, 0.2) is 0 Å². The first-order valence-corrected chi connectivity index (χ1v) is 19.4. The van der Waals surface area contributed by atoms with E-state index < -0.39 is 0 Å². The molecule has 0 spiro atoms. The van der Waals surface area contributed by atoms with Crippen molar-refractivity contribution in [3.05, 3.63) is 5.92 Å². The summed E-state index contributed by atoms with van der Waals surface area (Å²) in [6, 6.07) is 0. The average Bonchev–Trinajstić information content (AvgIpc) is 3.76. The van der Waals surface area contributed by atoms with Crippen LogP contribution in [0, 0.1) is 53.3 Å². The fraction of sp³-hybridized carbons (Fsp3) is 0.972. The minimum atomic E-state index is 0. The van der Waals surface area contributed by atoms with Crippen LogP contribution >= 0.6 is 0 Å². The third-order valence-electron chi connectivity index (χ3n) is 13.8. The molecule has 9 aliphatic rings. The van der Waals surface area contributed by atoms with Gasteiger partial charge < -0.3 is 5.92 Å². The minimum Gasteiger partial charge on any atom is -0.323 e. The number of hydrogen-bond acceptors (Lipinski definition) is 8. The molecule has 0 amide bonds. The molecule has 8 N–H and O–H groups in total.